The summed E-state index contributed by atoms with van der Waals surface area (Å²) in [5, 5.41) is 0. The second-order valence-corrected chi connectivity index (χ2v) is 8.25. The predicted molar refractivity (Wildman–Crippen MR) is 113 cm³/mol. The van der Waals surface area contributed by atoms with Crippen LogP contribution in [-0.4, -0.2) is 77.0 Å². The molecule has 0 bridgehead atoms. The van der Waals surface area contributed by atoms with Crippen molar-refractivity contribution in [3.05, 3.63) is 59.7 Å². The summed E-state index contributed by atoms with van der Waals surface area (Å²) >= 11 is 0. The average Bonchev–Trinajstić information content (AvgIpc) is 2.74. The molecular weight excluding hydrogens is 346 g/mol. The quantitative estimate of drug-likeness (QED) is 0.771. The molecule has 28 heavy (non-hydrogen) atoms. The van der Waals surface area contributed by atoms with Gasteiger partial charge in [0.25, 0.3) is 0 Å². The van der Waals surface area contributed by atoms with Gasteiger partial charge in [-0.3, -0.25) is 9.80 Å². The van der Waals surface area contributed by atoms with Gasteiger partial charge in [-0.25, -0.2) is 9.97 Å². The molecule has 0 amide bonds. The third-order valence-corrected chi connectivity index (χ3v) is 6.25. The number of hydrogen-bond donors (Lipinski definition) is 0. The van der Waals surface area contributed by atoms with E-state index in [9.17, 15) is 0 Å². The van der Waals surface area contributed by atoms with Crippen molar-refractivity contribution in [3.8, 4) is 0 Å². The normalized spacial score (nSPS) is 20.5. The Balaban J connectivity index is 1.15. The summed E-state index contributed by atoms with van der Waals surface area (Å²) < 4.78 is 0. The lowest BCUT2D eigenvalue weighted by Crippen LogP contribution is -2.48. The number of piperazine rings is 1. The Labute approximate surface area is 169 Å². The van der Waals surface area contributed by atoms with Crippen molar-refractivity contribution in [2.75, 3.05) is 52.4 Å². The number of aromatic nitrogens is 2. The molecule has 0 radical (unpaired) electrons. The molecule has 1 aromatic carbocycles. The first-order chi connectivity index (χ1) is 13.8. The van der Waals surface area contributed by atoms with Crippen LogP contribution in [0.2, 0.25) is 0 Å². The van der Waals surface area contributed by atoms with Crippen LogP contribution in [-0.2, 0) is 6.54 Å². The molecule has 2 saturated heterocycles. The molecule has 0 saturated carbocycles. The van der Waals surface area contributed by atoms with Crippen LogP contribution in [0.3, 0.4) is 0 Å². The minimum atomic E-state index is 0.611. The first kappa shape index (κ1) is 19.5. The smallest absolute Gasteiger partial charge is 0.125 e. The lowest BCUT2D eigenvalue weighted by Gasteiger charge is -2.37. The minimum absolute atomic E-state index is 0.611. The molecular formula is C23H33N5. The number of nitrogens with zero attached hydrogens (tertiary/aromatic N) is 5. The van der Waals surface area contributed by atoms with E-state index in [4.69, 9.17) is 0 Å². The summed E-state index contributed by atoms with van der Waals surface area (Å²) in [6.45, 7) is 12.6. The highest BCUT2D eigenvalue weighted by molar-refractivity contribution is 5.14. The van der Waals surface area contributed by atoms with E-state index in [2.05, 4.69) is 61.1 Å². The van der Waals surface area contributed by atoms with Crippen molar-refractivity contribution < 1.29 is 0 Å². The topological polar surface area (TPSA) is 35.5 Å². The number of likely N-dealkylation sites (tertiary alicyclic amines) is 1. The largest absolute Gasteiger partial charge is 0.302 e. The highest BCUT2D eigenvalue weighted by Gasteiger charge is 2.23. The minimum Gasteiger partial charge on any atom is -0.302 e. The van der Waals surface area contributed by atoms with Crippen molar-refractivity contribution in [3.63, 3.8) is 0 Å². The molecule has 2 aromatic rings. The standard InChI is InChI=1S/C23H33N5/c1-20-24-10-7-23(25-20)22-8-11-26(12-9-22)13-14-27-15-17-28(18-16-27)19-21-5-3-2-4-6-21/h2-7,10,22H,8-9,11-19H2,1H3. The molecule has 5 nitrogen and oxygen atoms in total. The number of piperidine rings is 1. The van der Waals surface area contributed by atoms with E-state index in [-0.39, 0.29) is 0 Å². The molecule has 3 heterocycles. The summed E-state index contributed by atoms with van der Waals surface area (Å²) in [6, 6.07) is 12.9. The molecule has 0 spiro atoms. The molecule has 0 unspecified atom stereocenters. The van der Waals surface area contributed by atoms with E-state index in [1.165, 1.54) is 76.5 Å². The van der Waals surface area contributed by atoms with Gasteiger partial charge in [0, 0.05) is 63.6 Å². The summed E-state index contributed by atoms with van der Waals surface area (Å²) in [5.74, 6) is 1.51. The first-order valence-electron chi connectivity index (χ1n) is 10.8. The summed E-state index contributed by atoms with van der Waals surface area (Å²) in [7, 11) is 0. The fourth-order valence-corrected chi connectivity index (χ4v) is 4.45. The van der Waals surface area contributed by atoms with Crippen LogP contribution in [0.4, 0.5) is 0 Å². The maximum Gasteiger partial charge on any atom is 0.125 e. The highest BCUT2D eigenvalue weighted by atomic mass is 15.3. The van der Waals surface area contributed by atoms with E-state index >= 15 is 0 Å². The lowest BCUT2D eigenvalue weighted by atomic mass is 9.93. The van der Waals surface area contributed by atoms with Gasteiger partial charge in [0.05, 0.1) is 0 Å². The van der Waals surface area contributed by atoms with Crippen molar-refractivity contribution in [2.24, 2.45) is 0 Å². The fourth-order valence-electron chi connectivity index (χ4n) is 4.45. The molecule has 2 aliphatic heterocycles. The van der Waals surface area contributed by atoms with Crippen LogP contribution in [0, 0.1) is 6.92 Å². The SMILES string of the molecule is Cc1nccc(C2CCN(CCN3CCN(Cc4ccccc4)CC3)CC2)n1. The van der Waals surface area contributed by atoms with Crippen LogP contribution in [0.5, 0.6) is 0 Å². The van der Waals surface area contributed by atoms with Crippen LogP contribution in [0.15, 0.2) is 42.6 Å². The maximum atomic E-state index is 4.64. The van der Waals surface area contributed by atoms with E-state index in [1.807, 2.05) is 13.1 Å². The molecule has 0 atom stereocenters. The molecule has 0 aliphatic carbocycles. The molecule has 150 valence electrons. The van der Waals surface area contributed by atoms with Crippen molar-refractivity contribution in [1.82, 2.24) is 24.7 Å². The molecule has 1 aromatic heterocycles. The zero-order valence-corrected chi connectivity index (χ0v) is 17.1. The van der Waals surface area contributed by atoms with Gasteiger partial charge in [-0.1, -0.05) is 30.3 Å². The molecule has 4 rings (SSSR count). The van der Waals surface area contributed by atoms with Crippen LogP contribution in [0.1, 0.15) is 35.8 Å². The molecule has 5 heteroatoms. The van der Waals surface area contributed by atoms with E-state index in [0.717, 1.165) is 12.4 Å². The molecule has 0 N–H and O–H groups in total. The second-order valence-electron chi connectivity index (χ2n) is 8.25. The number of rotatable bonds is 6. The van der Waals surface area contributed by atoms with Gasteiger partial charge in [0.15, 0.2) is 0 Å². The number of hydrogen-bond acceptors (Lipinski definition) is 5. The van der Waals surface area contributed by atoms with Crippen LogP contribution < -0.4 is 0 Å². The van der Waals surface area contributed by atoms with E-state index < -0.39 is 0 Å². The zero-order chi connectivity index (χ0) is 19.2. The average molecular weight is 380 g/mol. The summed E-state index contributed by atoms with van der Waals surface area (Å²) in [5.41, 5.74) is 2.67. The number of aryl methyl sites for hydroxylation is 1. The third kappa shape index (κ3) is 5.37. The van der Waals surface area contributed by atoms with Crippen molar-refractivity contribution >= 4 is 0 Å². The zero-order valence-electron chi connectivity index (χ0n) is 17.1. The van der Waals surface area contributed by atoms with E-state index in [1.54, 1.807) is 0 Å². The van der Waals surface area contributed by atoms with Crippen molar-refractivity contribution in [1.29, 1.82) is 0 Å². The van der Waals surface area contributed by atoms with Gasteiger partial charge in [0.2, 0.25) is 0 Å². The Hall–Kier alpha value is -1.82. The Morgan fingerprint density at radius 3 is 2.14 bits per heavy atom. The van der Waals surface area contributed by atoms with Crippen LogP contribution in [0.25, 0.3) is 0 Å². The first-order valence-corrected chi connectivity index (χ1v) is 10.8. The van der Waals surface area contributed by atoms with Gasteiger partial charge in [-0.2, -0.15) is 0 Å². The van der Waals surface area contributed by atoms with Gasteiger partial charge < -0.3 is 4.90 Å². The molecule has 2 aliphatic rings. The van der Waals surface area contributed by atoms with Crippen LogP contribution >= 0.6 is 0 Å². The number of benzene rings is 1. The maximum absolute atomic E-state index is 4.64. The van der Waals surface area contributed by atoms with Crippen molar-refractivity contribution in [2.45, 2.75) is 32.2 Å². The predicted octanol–water partition coefficient (Wildman–Crippen LogP) is 2.78. The van der Waals surface area contributed by atoms with Gasteiger partial charge in [-0.15, -0.1) is 0 Å². The lowest BCUT2D eigenvalue weighted by molar-refractivity contribution is 0.108. The van der Waals surface area contributed by atoms with Gasteiger partial charge in [0.1, 0.15) is 5.82 Å². The van der Waals surface area contributed by atoms with E-state index in [0.29, 0.717) is 5.92 Å². The third-order valence-electron chi connectivity index (χ3n) is 6.25. The summed E-state index contributed by atoms with van der Waals surface area (Å²) in [4.78, 5) is 16.7. The monoisotopic (exact) mass is 379 g/mol. The van der Waals surface area contributed by atoms with Gasteiger partial charge in [-0.05, 0) is 44.5 Å². The fraction of sp³-hybridized carbons (Fsp3) is 0.565. The Bertz CT molecular complexity index is 719. The molecule has 2 fully saturated rings. The van der Waals surface area contributed by atoms with Gasteiger partial charge >= 0.3 is 0 Å². The Morgan fingerprint density at radius 2 is 1.46 bits per heavy atom. The Kier molecular flexibility index (Phi) is 6.68. The Morgan fingerprint density at radius 1 is 0.821 bits per heavy atom. The highest BCUT2D eigenvalue weighted by Crippen LogP contribution is 2.26. The second kappa shape index (κ2) is 9.59. The summed E-state index contributed by atoms with van der Waals surface area (Å²) in [6.07, 6.45) is 4.35.